The summed E-state index contributed by atoms with van der Waals surface area (Å²) < 4.78 is 6.58. The number of benzene rings is 1. The summed E-state index contributed by atoms with van der Waals surface area (Å²) >= 11 is 3.37. The average Bonchev–Trinajstić information content (AvgIpc) is 3.18. The highest BCUT2D eigenvalue weighted by Crippen LogP contribution is 2.34. The van der Waals surface area contributed by atoms with Gasteiger partial charge in [-0.05, 0) is 50.3 Å². The molecular weight excluding hydrogens is 314 g/mol. The van der Waals surface area contributed by atoms with Crippen LogP contribution >= 0.6 is 23.1 Å². The lowest BCUT2D eigenvalue weighted by Crippen LogP contribution is -2.22. The van der Waals surface area contributed by atoms with Crippen LogP contribution in [0.3, 0.4) is 0 Å². The van der Waals surface area contributed by atoms with Gasteiger partial charge in [0.2, 0.25) is 0 Å². The molecule has 6 heteroatoms. The van der Waals surface area contributed by atoms with Crippen molar-refractivity contribution in [2.24, 2.45) is 0 Å². The molecule has 1 aliphatic heterocycles. The number of ether oxygens (including phenoxy) is 1. The monoisotopic (exact) mass is 335 g/mol. The van der Waals surface area contributed by atoms with Crippen molar-refractivity contribution < 1.29 is 4.74 Å². The molecule has 22 heavy (non-hydrogen) atoms. The maximum Gasteiger partial charge on any atom is 0.174 e. The second kappa shape index (κ2) is 7.44. The van der Waals surface area contributed by atoms with E-state index in [0.29, 0.717) is 12.6 Å². The number of thioether (sulfide) groups is 1. The molecular formula is C16H21N3OS2. The van der Waals surface area contributed by atoms with Gasteiger partial charge in [0, 0.05) is 6.04 Å². The third-order valence-corrected chi connectivity index (χ3v) is 5.78. The van der Waals surface area contributed by atoms with Crippen LogP contribution in [0.25, 0.3) is 0 Å². The van der Waals surface area contributed by atoms with Crippen LogP contribution in [-0.4, -0.2) is 34.5 Å². The molecule has 2 heterocycles. The fourth-order valence-corrected chi connectivity index (χ4v) is 4.24. The molecule has 4 nitrogen and oxygen atoms in total. The molecule has 1 aromatic heterocycles. The summed E-state index contributed by atoms with van der Waals surface area (Å²) in [6, 6.07) is 9.03. The summed E-state index contributed by atoms with van der Waals surface area (Å²) in [6.45, 7) is 4.75. The maximum atomic E-state index is 5.53. The summed E-state index contributed by atoms with van der Waals surface area (Å²) in [5.74, 6) is 0.949. The van der Waals surface area contributed by atoms with Gasteiger partial charge in [0.05, 0.1) is 13.2 Å². The lowest BCUT2D eigenvalue weighted by atomic mass is 10.0. The van der Waals surface area contributed by atoms with Crippen molar-refractivity contribution in [3.05, 3.63) is 34.8 Å². The Bertz CT molecular complexity index is 600. The van der Waals surface area contributed by atoms with Crippen molar-refractivity contribution in [1.29, 1.82) is 0 Å². The van der Waals surface area contributed by atoms with Crippen LogP contribution in [0.15, 0.2) is 28.6 Å². The predicted octanol–water partition coefficient (Wildman–Crippen LogP) is 4.00. The Morgan fingerprint density at radius 1 is 1.32 bits per heavy atom. The second-order valence-electron chi connectivity index (χ2n) is 5.30. The molecule has 1 saturated heterocycles. The first-order valence-corrected chi connectivity index (χ1v) is 9.67. The molecule has 1 aromatic carbocycles. The molecule has 1 fully saturated rings. The lowest BCUT2D eigenvalue weighted by Gasteiger charge is -2.23. The van der Waals surface area contributed by atoms with E-state index in [4.69, 9.17) is 4.74 Å². The number of aromatic nitrogens is 2. The Morgan fingerprint density at radius 2 is 2.14 bits per heavy atom. The van der Waals surface area contributed by atoms with Gasteiger partial charge in [-0.25, -0.2) is 0 Å². The van der Waals surface area contributed by atoms with Gasteiger partial charge < -0.3 is 4.74 Å². The number of rotatable bonds is 6. The minimum Gasteiger partial charge on any atom is -0.494 e. The first-order valence-electron chi connectivity index (χ1n) is 7.63. The molecule has 3 rings (SSSR count). The zero-order valence-electron chi connectivity index (χ0n) is 13.0. The van der Waals surface area contributed by atoms with E-state index in [1.807, 2.05) is 13.2 Å². The molecule has 0 N–H and O–H groups in total. The highest BCUT2D eigenvalue weighted by Gasteiger charge is 2.26. The zero-order chi connectivity index (χ0) is 15.4. The quantitative estimate of drug-likeness (QED) is 0.746. The Kier molecular flexibility index (Phi) is 5.33. The Hall–Kier alpha value is -1.11. The molecule has 0 aliphatic carbocycles. The molecule has 2 aromatic rings. The van der Waals surface area contributed by atoms with Gasteiger partial charge in [-0.2, -0.15) is 0 Å². The summed E-state index contributed by atoms with van der Waals surface area (Å²) in [4.78, 5) is 2.51. The second-order valence-corrected chi connectivity index (χ2v) is 7.41. The molecule has 0 unspecified atom stereocenters. The Balaban J connectivity index is 1.69. The van der Waals surface area contributed by atoms with Crippen molar-refractivity contribution in [3.63, 3.8) is 0 Å². The van der Waals surface area contributed by atoms with Crippen molar-refractivity contribution >= 4 is 23.1 Å². The van der Waals surface area contributed by atoms with E-state index in [0.717, 1.165) is 28.2 Å². The van der Waals surface area contributed by atoms with Crippen molar-refractivity contribution in [1.82, 2.24) is 15.1 Å². The van der Waals surface area contributed by atoms with Gasteiger partial charge in [-0.15, -0.1) is 10.2 Å². The largest absolute Gasteiger partial charge is 0.494 e. The van der Waals surface area contributed by atoms with Gasteiger partial charge in [-0.3, -0.25) is 4.90 Å². The molecule has 0 saturated carbocycles. The highest BCUT2D eigenvalue weighted by molar-refractivity contribution is 8.00. The zero-order valence-corrected chi connectivity index (χ0v) is 14.6. The van der Waals surface area contributed by atoms with Crippen LogP contribution in [-0.2, 0) is 6.54 Å². The highest BCUT2D eigenvalue weighted by atomic mass is 32.2. The third kappa shape index (κ3) is 3.62. The topological polar surface area (TPSA) is 38.2 Å². The first-order chi connectivity index (χ1) is 10.8. The summed E-state index contributed by atoms with van der Waals surface area (Å²) in [7, 11) is 0. The first kappa shape index (κ1) is 15.8. The van der Waals surface area contributed by atoms with Gasteiger partial charge in [-0.1, -0.05) is 35.2 Å². The lowest BCUT2D eigenvalue weighted by molar-refractivity contribution is 0.247. The van der Waals surface area contributed by atoms with Crippen LogP contribution in [0, 0.1) is 0 Å². The molecule has 0 amide bonds. The van der Waals surface area contributed by atoms with E-state index >= 15 is 0 Å². The van der Waals surface area contributed by atoms with E-state index in [-0.39, 0.29) is 0 Å². The van der Waals surface area contributed by atoms with Gasteiger partial charge >= 0.3 is 0 Å². The van der Waals surface area contributed by atoms with E-state index in [1.54, 1.807) is 23.1 Å². The minimum atomic E-state index is 0.484. The molecule has 1 aliphatic rings. The SMILES string of the molecule is CCOc1ccc([C@@H]2CCCN2Cc2nnc(SC)s2)cc1. The van der Waals surface area contributed by atoms with E-state index < -0.39 is 0 Å². The Morgan fingerprint density at radius 3 is 2.82 bits per heavy atom. The standard InChI is InChI=1S/C16H21N3OS2/c1-3-20-13-8-6-12(7-9-13)14-5-4-10-19(14)11-15-17-18-16(21-2)22-15/h6-9,14H,3-5,10-11H2,1-2H3/t14-/m0/s1. The third-order valence-electron chi connectivity index (χ3n) is 3.90. The van der Waals surface area contributed by atoms with Gasteiger partial charge in [0.15, 0.2) is 4.34 Å². The van der Waals surface area contributed by atoms with E-state index in [2.05, 4.69) is 39.4 Å². The number of hydrogen-bond acceptors (Lipinski definition) is 6. The van der Waals surface area contributed by atoms with Crippen LogP contribution in [0.4, 0.5) is 0 Å². The number of nitrogens with zero attached hydrogens (tertiary/aromatic N) is 3. The van der Waals surface area contributed by atoms with Crippen molar-refractivity contribution in [3.8, 4) is 5.75 Å². The smallest absolute Gasteiger partial charge is 0.174 e. The van der Waals surface area contributed by atoms with Gasteiger partial charge in [0.25, 0.3) is 0 Å². The average molecular weight is 335 g/mol. The number of hydrogen-bond donors (Lipinski definition) is 0. The Labute approximate surface area is 139 Å². The van der Waals surface area contributed by atoms with Crippen LogP contribution in [0.1, 0.15) is 36.4 Å². The van der Waals surface area contributed by atoms with Crippen LogP contribution in [0.5, 0.6) is 5.75 Å². The van der Waals surface area contributed by atoms with Gasteiger partial charge in [0.1, 0.15) is 10.8 Å². The number of likely N-dealkylation sites (tertiary alicyclic amines) is 1. The van der Waals surface area contributed by atoms with E-state index in [1.165, 1.54) is 18.4 Å². The fraction of sp³-hybridized carbons (Fsp3) is 0.500. The molecule has 0 radical (unpaired) electrons. The summed E-state index contributed by atoms with van der Waals surface area (Å²) in [6.07, 6.45) is 4.50. The fourth-order valence-electron chi connectivity index (χ4n) is 2.90. The van der Waals surface area contributed by atoms with Crippen molar-refractivity contribution in [2.75, 3.05) is 19.4 Å². The van der Waals surface area contributed by atoms with Crippen LogP contribution < -0.4 is 4.74 Å². The summed E-state index contributed by atoms with van der Waals surface area (Å²) in [5.41, 5.74) is 1.37. The minimum absolute atomic E-state index is 0.484. The van der Waals surface area contributed by atoms with Crippen LogP contribution in [0.2, 0.25) is 0 Å². The molecule has 1 atom stereocenters. The van der Waals surface area contributed by atoms with E-state index in [9.17, 15) is 0 Å². The maximum absolute atomic E-state index is 5.53. The molecule has 0 bridgehead atoms. The molecule has 118 valence electrons. The molecule has 0 spiro atoms. The van der Waals surface area contributed by atoms with Crippen molar-refractivity contribution in [2.45, 2.75) is 36.7 Å². The predicted molar refractivity (Wildman–Crippen MR) is 91.7 cm³/mol. The normalized spacial score (nSPS) is 18.7. The summed E-state index contributed by atoms with van der Waals surface area (Å²) in [5, 5.41) is 9.61.